The van der Waals surface area contributed by atoms with Crippen molar-refractivity contribution in [3.63, 3.8) is 0 Å². The van der Waals surface area contributed by atoms with E-state index in [0.717, 1.165) is 23.7 Å². The van der Waals surface area contributed by atoms with Crippen molar-refractivity contribution in [2.45, 2.75) is 44.4 Å². The average molecular weight is 471 g/mol. The molecule has 1 fully saturated rings. The highest BCUT2D eigenvalue weighted by atomic mass is 19.4. The van der Waals surface area contributed by atoms with Gasteiger partial charge in [-0.2, -0.15) is 13.2 Å². The third-order valence-electron chi connectivity index (χ3n) is 5.51. The van der Waals surface area contributed by atoms with Crippen LogP contribution in [0.5, 0.6) is 0 Å². The Morgan fingerprint density at radius 3 is 2.39 bits per heavy atom. The van der Waals surface area contributed by atoms with E-state index in [2.05, 4.69) is 9.55 Å². The number of fused-ring (bicyclic) bond motifs is 1. The molecule has 1 aromatic carbocycles. The lowest BCUT2D eigenvalue weighted by Gasteiger charge is -2.33. The molecule has 0 radical (unpaired) electrons. The second-order valence-corrected chi connectivity index (χ2v) is 8.20. The van der Waals surface area contributed by atoms with Crippen molar-refractivity contribution in [1.82, 2.24) is 14.5 Å². The number of carboxylic acid groups (broad SMARTS) is 1. The van der Waals surface area contributed by atoms with Crippen molar-refractivity contribution in [3.8, 4) is 0 Å². The summed E-state index contributed by atoms with van der Waals surface area (Å²) < 4.78 is 52.5. The van der Waals surface area contributed by atoms with Gasteiger partial charge in [0.15, 0.2) is 0 Å². The van der Waals surface area contributed by atoms with Crippen LogP contribution in [0.3, 0.4) is 0 Å². The molecule has 1 atom stereocenters. The largest absolute Gasteiger partial charge is 0.490 e. The SMILES string of the molecule is COCC1CN(C(=O)Cc2ccc(F)cc2)Cc2ncn(CC3CC3)c21.O=C(O)C(F)(F)F. The molecule has 1 aliphatic carbocycles. The minimum Gasteiger partial charge on any atom is -0.475 e. The van der Waals surface area contributed by atoms with Gasteiger partial charge in [-0.25, -0.2) is 14.2 Å². The first-order valence-corrected chi connectivity index (χ1v) is 10.4. The third-order valence-corrected chi connectivity index (χ3v) is 5.51. The van der Waals surface area contributed by atoms with Crippen LogP contribution in [0.25, 0.3) is 0 Å². The number of alkyl halides is 3. The molecule has 33 heavy (non-hydrogen) atoms. The number of halogens is 4. The Morgan fingerprint density at radius 2 is 1.85 bits per heavy atom. The normalized spacial score (nSPS) is 17.7. The maximum atomic E-state index is 13.1. The Kier molecular flexibility index (Phi) is 7.72. The molecule has 2 aromatic rings. The molecular weight excluding hydrogens is 446 g/mol. The molecule has 0 saturated heterocycles. The van der Waals surface area contributed by atoms with Gasteiger partial charge in [-0.15, -0.1) is 0 Å². The van der Waals surface area contributed by atoms with Crippen LogP contribution in [0.1, 0.15) is 35.7 Å². The zero-order valence-corrected chi connectivity index (χ0v) is 18.0. The number of hydrogen-bond donors (Lipinski definition) is 1. The molecular formula is C22H25F4N3O4. The van der Waals surface area contributed by atoms with Crippen molar-refractivity contribution < 1.29 is 37.0 Å². The maximum absolute atomic E-state index is 13.1. The predicted molar refractivity (Wildman–Crippen MR) is 109 cm³/mol. The summed E-state index contributed by atoms with van der Waals surface area (Å²) in [7, 11) is 1.69. The summed E-state index contributed by atoms with van der Waals surface area (Å²) >= 11 is 0. The number of rotatable bonds is 6. The van der Waals surface area contributed by atoms with Crippen LogP contribution in [0.2, 0.25) is 0 Å². The molecule has 1 amide bonds. The number of ether oxygens (including phenoxy) is 1. The molecule has 2 heterocycles. The van der Waals surface area contributed by atoms with E-state index < -0.39 is 12.1 Å². The number of methoxy groups -OCH3 is 1. The molecule has 2 aliphatic rings. The number of carbonyl (C=O) groups excluding carboxylic acids is 1. The summed E-state index contributed by atoms with van der Waals surface area (Å²) in [5, 5.41) is 7.12. The van der Waals surface area contributed by atoms with E-state index in [1.54, 1.807) is 19.2 Å². The smallest absolute Gasteiger partial charge is 0.475 e. The molecule has 4 rings (SSSR count). The van der Waals surface area contributed by atoms with Gasteiger partial charge in [0.2, 0.25) is 5.91 Å². The van der Waals surface area contributed by atoms with Crippen LogP contribution in [0, 0.1) is 11.7 Å². The fourth-order valence-electron chi connectivity index (χ4n) is 3.76. The molecule has 1 N–H and O–H groups in total. The fourth-order valence-corrected chi connectivity index (χ4v) is 3.76. The van der Waals surface area contributed by atoms with Crippen LogP contribution < -0.4 is 0 Å². The van der Waals surface area contributed by atoms with Gasteiger partial charge in [0, 0.05) is 31.8 Å². The molecule has 1 aliphatic heterocycles. The Bertz CT molecular complexity index is 971. The molecule has 0 spiro atoms. The van der Waals surface area contributed by atoms with Gasteiger partial charge in [0.05, 0.1) is 31.6 Å². The Balaban J connectivity index is 0.000000383. The Labute approximate surface area is 188 Å². The van der Waals surface area contributed by atoms with E-state index in [1.165, 1.54) is 30.7 Å². The molecule has 7 nitrogen and oxygen atoms in total. The molecule has 0 bridgehead atoms. The highest BCUT2D eigenvalue weighted by molar-refractivity contribution is 5.79. The highest BCUT2D eigenvalue weighted by Crippen LogP contribution is 2.34. The van der Waals surface area contributed by atoms with E-state index in [9.17, 15) is 22.4 Å². The van der Waals surface area contributed by atoms with Crippen LogP contribution in [-0.4, -0.2) is 57.9 Å². The van der Waals surface area contributed by atoms with Crippen molar-refractivity contribution in [3.05, 3.63) is 53.4 Å². The molecule has 1 saturated carbocycles. The number of carboxylic acids is 1. The highest BCUT2D eigenvalue weighted by Gasteiger charge is 2.38. The van der Waals surface area contributed by atoms with Gasteiger partial charge >= 0.3 is 12.1 Å². The number of aromatic nitrogens is 2. The van der Waals surface area contributed by atoms with E-state index in [0.29, 0.717) is 19.7 Å². The predicted octanol–water partition coefficient (Wildman–Crippen LogP) is 3.38. The number of benzene rings is 1. The van der Waals surface area contributed by atoms with E-state index in [1.807, 2.05) is 11.2 Å². The molecule has 1 unspecified atom stereocenters. The standard InChI is InChI=1S/C20H24FN3O2.C2HF3O2/c1-26-12-16-10-23(19(25)8-14-4-6-17(21)7-5-14)11-18-20(16)24(13-22-18)9-15-2-3-15;3-2(4,5)1(6)7/h4-7,13,15-16H,2-3,8-12H2,1H3;(H,6,7). The number of hydrogen-bond acceptors (Lipinski definition) is 4. The lowest BCUT2D eigenvalue weighted by atomic mass is 9.98. The lowest BCUT2D eigenvalue weighted by molar-refractivity contribution is -0.192. The quantitative estimate of drug-likeness (QED) is 0.653. The van der Waals surface area contributed by atoms with Gasteiger partial charge < -0.3 is 19.3 Å². The summed E-state index contributed by atoms with van der Waals surface area (Å²) in [5.74, 6) is -2.09. The fraction of sp³-hybridized carbons (Fsp3) is 0.500. The summed E-state index contributed by atoms with van der Waals surface area (Å²) in [5.41, 5.74) is 3.03. The number of carbonyl (C=O) groups is 2. The third kappa shape index (κ3) is 6.77. The molecule has 11 heteroatoms. The number of aliphatic carboxylic acids is 1. The number of amides is 1. The van der Waals surface area contributed by atoms with Crippen LogP contribution >= 0.6 is 0 Å². The van der Waals surface area contributed by atoms with Gasteiger partial charge in [0.1, 0.15) is 5.82 Å². The van der Waals surface area contributed by atoms with Gasteiger partial charge in [0.25, 0.3) is 0 Å². The lowest BCUT2D eigenvalue weighted by Crippen LogP contribution is -2.41. The Morgan fingerprint density at radius 1 is 1.21 bits per heavy atom. The first-order chi connectivity index (χ1) is 15.6. The van der Waals surface area contributed by atoms with Crippen molar-refractivity contribution in [2.75, 3.05) is 20.3 Å². The molecule has 180 valence electrons. The summed E-state index contributed by atoms with van der Waals surface area (Å²) in [4.78, 5) is 28.1. The van der Waals surface area contributed by atoms with E-state index >= 15 is 0 Å². The van der Waals surface area contributed by atoms with Gasteiger partial charge in [-0.05, 0) is 36.5 Å². The van der Waals surface area contributed by atoms with Crippen LogP contribution in [0.4, 0.5) is 17.6 Å². The summed E-state index contributed by atoms with van der Waals surface area (Å²) in [6, 6.07) is 6.12. The minimum absolute atomic E-state index is 0.0418. The monoisotopic (exact) mass is 471 g/mol. The Hall–Kier alpha value is -2.95. The zero-order chi connectivity index (χ0) is 24.2. The summed E-state index contributed by atoms with van der Waals surface area (Å²) in [6.07, 6.45) is -0.300. The number of nitrogens with zero attached hydrogens (tertiary/aromatic N) is 3. The first kappa shape index (κ1) is 24.7. The van der Waals surface area contributed by atoms with Crippen LogP contribution in [-0.2, 0) is 33.8 Å². The second-order valence-electron chi connectivity index (χ2n) is 8.20. The zero-order valence-electron chi connectivity index (χ0n) is 18.0. The van der Waals surface area contributed by atoms with Gasteiger partial charge in [-0.3, -0.25) is 4.79 Å². The topological polar surface area (TPSA) is 84.7 Å². The van der Waals surface area contributed by atoms with Crippen molar-refractivity contribution in [2.24, 2.45) is 5.92 Å². The van der Waals surface area contributed by atoms with Gasteiger partial charge in [-0.1, -0.05) is 12.1 Å². The van der Waals surface area contributed by atoms with Crippen molar-refractivity contribution >= 4 is 11.9 Å². The van der Waals surface area contributed by atoms with E-state index in [4.69, 9.17) is 14.6 Å². The first-order valence-electron chi connectivity index (χ1n) is 10.4. The van der Waals surface area contributed by atoms with E-state index in [-0.39, 0.29) is 24.1 Å². The summed E-state index contributed by atoms with van der Waals surface area (Å²) in [6.45, 7) is 2.76. The minimum atomic E-state index is -5.08. The number of imidazole rings is 1. The second kappa shape index (κ2) is 10.3. The van der Waals surface area contributed by atoms with Crippen molar-refractivity contribution in [1.29, 1.82) is 0 Å². The average Bonchev–Trinajstić information content (AvgIpc) is 3.47. The maximum Gasteiger partial charge on any atom is 0.490 e. The van der Waals surface area contributed by atoms with Crippen LogP contribution in [0.15, 0.2) is 30.6 Å². The molecule has 1 aromatic heterocycles.